The lowest BCUT2D eigenvalue weighted by atomic mass is 9.97. The van der Waals surface area contributed by atoms with E-state index in [0.717, 1.165) is 12.8 Å². The van der Waals surface area contributed by atoms with Crippen LogP contribution in [0.25, 0.3) is 0 Å². The average molecular weight is 301 g/mol. The van der Waals surface area contributed by atoms with E-state index in [1.54, 1.807) is 0 Å². The van der Waals surface area contributed by atoms with Crippen molar-refractivity contribution >= 4 is 5.69 Å². The van der Waals surface area contributed by atoms with E-state index < -0.39 is 0 Å². The SMILES string of the molecule is CN(c1ccccc1)C(CCc1ccccc1)c1ccccc1. The highest BCUT2D eigenvalue weighted by molar-refractivity contribution is 5.48. The predicted molar refractivity (Wildman–Crippen MR) is 98.8 cm³/mol. The molecule has 0 saturated carbocycles. The quantitative estimate of drug-likeness (QED) is 0.581. The number of hydrogen-bond acceptors (Lipinski definition) is 1. The summed E-state index contributed by atoms with van der Waals surface area (Å²) < 4.78 is 0. The Bertz CT molecular complexity index is 692. The van der Waals surface area contributed by atoms with Gasteiger partial charge in [-0.1, -0.05) is 78.9 Å². The van der Waals surface area contributed by atoms with Crippen LogP contribution >= 0.6 is 0 Å². The van der Waals surface area contributed by atoms with Gasteiger partial charge in [-0.25, -0.2) is 0 Å². The van der Waals surface area contributed by atoms with Crippen LogP contribution in [0.15, 0.2) is 91.0 Å². The molecule has 0 radical (unpaired) electrons. The van der Waals surface area contributed by atoms with Crippen LogP contribution in [0.1, 0.15) is 23.6 Å². The van der Waals surface area contributed by atoms with Crippen LogP contribution in [0.2, 0.25) is 0 Å². The van der Waals surface area contributed by atoms with Crippen LogP contribution in [0.3, 0.4) is 0 Å². The highest BCUT2D eigenvalue weighted by Crippen LogP contribution is 2.29. The molecule has 3 aromatic carbocycles. The molecule has 0 aromatic heterocycles. The second kappa shape index (κ2) is 7.64. The van der Waals surface area contributed by atoms with Gasteiger partial charge in [0, 0.05) is 12.7 Å². The van der Waals surface area contributed by atoms with Crippen molar-refractivity contribution in [2.24, 2.45) is 0 Å². The fraction of sp³-hybridized carbons (Fsp3) is 0.182. The van der Waals surface area contributed by atoms with Crippen molar-refractivity contribution in [3.8, 4) is 0 Å². The molecule has 0 saturated heterocycles. The summed E-state index contributed by atoms with van der Waals surface area (Å²) in [6, 6.07) is 32.5. The smallest absolute Gasteiger partial charge is 0.0542 e. The molecule has 23 heavy (non-hydrogen) atoms. The van der Waals surface area contributed by atoms with Gasteiger partial charge in [-0.15, -0.1) is 0 Å². The Kier molecular flexibility index (Phi) is 5.10. The van der Waals surface area contributed by atoms with Crippen LogP contribution < -0.4 is 4.90 Å². The molecule has 0 heterocycles. The van der Waals surface area contributed by atoms with Gasteiger partial charge in [0.25, 0.3) is 0 Å². The molecular weight excluding hydrogens is 278 g/mol. The largest absolute Gasteiger partial charge is 0.368 e. The van der Waals surface area contributed by atoms with Gasteiger partial charge in [-0.05, 0) is 36.1 Å². The first kappa shape index (κ1) is 15.4. The monoisotopic (exact) mass is 301 g/mol. The molecule has 3 aromatic rings. The first-order chi connectivity index (χ1) is 11.3. The van der Waals surface area contributed by atoms with Gasteiger partial charge in [0.1, 0.15) is 0 Å². The number of aryl methyl sites for hydroxylation is 1. The van der Waals surface area contributed by atoms with Gasteiger partial charge in [0.2, 0.25) is 0 Å². The first-order valence-corrected chi connectivity index (χ1v) is 8.21. The fourth-order valence-electron chi connectivity index (χ4n) is 3.05. The molecule has 0 aliphatic heterocycles. The van der Waals surface area contributed by atoms with Crippen LogP contribution in [0, 0.1) is 0 Å². The van der Waals surface area contributed by atoms with Crippen molar-refractivity contribution in [1.29, 1.82) is 0 Å². The number of hydrogen-bond donors (Lipinski definition) is 0. The van der Waals surface area contributed by atoms with E-state index in [0.29, 0.717) is 6.04 Å². The number of nitrogens with zero attached hydrogens (tertiary/aromatic N) is 1. The fourth-order valence-corrected chi connectivity index (χ4v) is 3.05. The second-order valence-electron chi connectivity index (χ2n) is 5.90. The highest BCUT2D eigenvalue weighted by Gasteiger charge is 2.17. The molecule has 0 aliphatic carbocycles. The van der Waals surface area contributed by atoms with Gasteiger partial charge in [0.05, 0.1) is 6.04 Å². The molecule has 0 spiro atoms. The van der Waals surface area contributed by atoms with Crippen LogP contribution in [0.4, 0.5) is 5.69 Å². The summed E-state index contributed by atoms with van der Waals surface area (Å²) in [5, 5.41) is 0. The van der Waals surface area contributed by atoms with E-state index in [2.05, 4.69) is 103 Å². The van der Waals surface area contributed by atoms with Crippen molar-refractivity contribution < 1.29 is 0 Å². The van der Waals surface area contributed by atoms with Crippen LogP contribution in [0.5, 0.6) is 0 Å². The Morgan fingerprint density at radius 2 is 1.22 bits per heavy atom. The van der Waals surface area contributed by atoms with Gasteiger partial charge in [0.15, 0.2) is 0 Å². The Hall–Kier alpha value is -2.54. The zero-order valence-electron chi connectivity index (χ0n) is 13.6. The van der Waals surface area contributed by atoms with Crippen molar-refractivity contribution in [1.82, 2.24) is 0 Å². The molecule has 1 heteroatoms. The maximum Gasteiger partial charge on any atom is 0.0542 e. The van der Waals surface area contributed by atoms with Gasteiger partial charge in [-0.3, -0.25) is 0 Å². The molecule has 3 rings (SSSR count). The predicted octanol–water partition coefficient (Wildman–Crippen LogP) is 5.50. The minimum atomic E-state index is 0.374. The molecule has 0 fully saturated rings. The van der Waals surface area contributed by atoms with Crippen molar-refractivity contribution in [2.45, 2.75) is 18.9 Å². The summed E-state index contributed by atoms with van der Waals surface area (Å²) >= 11 is 0. The minimum Gasteiger partial charge on any atom is -0.368 e. The minimum absolute atomic E-state index is 0.374. The third kappa shape index (κ3) is 4.01. The lowest BCUT2D eigenvalue weighted by Crippen LogP contribution is -2.24. The maximum atomic E-state index is 2.39. The summed E-state index contributed by atoms with van der Waals surface area (Å²) in [6.45, 7) is 0. The summed E-state index contributed by atoms with van der Waals surface area (Å²) in [4.78, 5) is 2.39. The Morgan fingerprint density at radius 1 is 0.696 bits per heavy atom. The van der Waals surface area contributed by atoms with E-state index in [1.165, 1.54) is 16.8 Å². The first-order valence-electron chi connectivity index (χ1n) is 8.21. The molecular formula is C22H23N. The van der Waals surface area contributed by atoms with E-state index in [9.17, 15) is 0 Å². The summed E-state index contributed by atoms with van der Waals surface area (Å²) in [5.74, 6) is 0. The Morgan fingerprint density at radius 3 is 1.83 bits per heavy atom. The molecule has 0 bridgehead atoms. The molecule has 1 unspecified atom stereocenters. The maximum absolute atomic E-state index is 2.39. The number of anilines is 1. The number of para-hydroxylation sites is 1. The summed E-state index contributed by atoms with van der Waals surface area (Å²) in [5.41, 5.74) is 4.03. The zero-order chi connectivity index (χ0) is 15.9. The third-order valence-corrected chi connectivity index (χ3v) is 4.36. The highest BCUT2D eigenvalue weighted by atomic mass is 15.1. The zero-order valence-corrected chi connectivity index (χ0v) is 13.6. The molecule has 1 atom stereocenters. The normalized spacial score (nSPS) is 11.9. The number of rotatable bonds is 6. The van der Waals surface area contributed by atoms with E-state index >= 15 is 0 Å². The van der Waals surface area contributed by atoms with Gasteiger partial charge < -0.3 is 4.90 Å². The summed E-state index contributed by atoms with van der Waals surface area (Å²) in [6.07, 6.45) is 2.18. The molecule has 0 N–H and O–H groups in total. The number of benzene rings is 3. The lowest BCUT2D eigenvalue weighted by molar-refractivity contribution is 0.612. The third-order valence-electron chi connectivity index (χ3n) is 4.36. The molecule has 1 nitrogen and oxygen atoms in total. The van der Waals surface area contributed by atoms with Crippen molar-refractivity contribution in [3.05, 3.63) is 102 Å². The van der Waals surface area contributed by atoms with Gasteiger partial charge >= 0.3 is 0 Å². The standard InChI is InChI=1S/C22H23N/c1-23(21-15-9-4-10-16-21)22(20-13-7-3-8-14-20)18-17-19-11-5-2-6-12-19/h2-16,22H,17-18H2,1H3. The van der Waals surface area contributed by atoms with Gasteiger partial charge in [-0.2, -0.15) is 0 Å². The Balaban J connectivity index is 1.82. The van der Waals surface area contributed by atoms with Crippen molar-refractivity contribution in [3.63, 3.8) is 0 Å². The van der Waals surface area contributed by atoms with E-state index in [1.807, 2.05) is 0 Å². The summed E-state index contributed by atoms with van der Waals surface area (Å²) in [7, 11) is 2.19. The Labute approximate surface area is 139 Å². The topological polar surface area (TPSA) is 3.24 Å². The molecule has 0 aliphatic rings. The average Bonchev–Trinajstić information content (AvgIpc) is 2.64. The second-order valence-corrected chi connectivity index (χ2v) is 5.90. The van der Waals surface area contributed by atoms with Crippen molar-refractivity contribution in [2.75, 3.05) is 11.9 Å². The van der Waals surface area contributed by atoms with Crippen LogP contribution in [-0.4, -0.2) is 7.05 Å². The molecule has 0 amide bonds. The van der Waals surface area contributed by atoms with Crippen LogP contribution in [-0.2, 0) is 6.42 Å². The molecule has 116 valence electrons. The van der Waals surface area contributed by atoms with E-state index in [4.69, 9.17) is 0 Å². The van der Waals surface area contributed by atoms with E-state index in [-0.39, 0.29) is 0 Å². The lowest BCUT2D eigenvalue weighted by Gasteiger charge is -2.31.